The molecule has 0 heterocycles. The van der Waals surface area contributed by atoms with E-state index in [1.54, 1.807) is 6.08 Å². The molecule has 0 radical (unpaired) electrons. The highest BCUT2D eigenvalue weighted by atomic mass is 31.2. The molecule has 3 atom stereocenters. The summed E-state index contributed by atoms with van der Waals surface area (Å²) in [6.07, 6.45) is 58.6. The number of aliphatic hydroxyl groups is 1. The Morgan fingerprint density at radius 2 is 1.05 bits per heavy atom. The number of allylic oxidation sites excluding steroid dienone is 17. The van der Waals surface area contributed by atoms with Gasteiger partial charge in [0, 0.05) is 6.42 Å². The molecular formula is C50H85N2O6P. The molecule has 0 aliphatic carbocycles. The van der Waals surface area contributed by atoms with Crippen molar-refractivity contribution in [3.63, 3.8) is 0 Å². The molecule has 3 unspecified atom stereocenters. The van der Waals surface area contributed by atoms with Crippen molar-refractivity contribution >= 4 is 13.7 Å². The van der Waals surface area contributed by atoms with Gasteiger partial charge in [-0.1, -0.05) is 162 Å². The van der Waals surface area contributed by atoms with Gasteiger partial charge in [-0.05, 0) is 89.9 Å². The highest BCUT2D eigenvalue weighted by Crippen LogP contribution is 2.38. The second kappa shape index (κ2) is 40.6. The number of hydrogen-bond acceptors (Lipinski definition) is 6. The van der Waals surface area contributed by atoms with E-state index in [0.29, 0.717) is 17.4 Å². The van der Waals surface area contributed by atoms with Crippen LogP contribution in [-0.2, 0) is 18.4 Å². The zero-order valence-corrected chi connectivity index (χ0v) is 38.8. The number of quaternary nitrogens is 1. The van der Waals surface area contributed by atoms with E-state index in [1.807, 2.05) is 27.2 Å². The maximum atomic E-state index is 12.9. The van der Waals surface area contributed by atoms with Crippen molar-refractivity contribution < 1.29 is 32.9 Å². The zero-order valence-electron chi connectivity index (χ0n) is 37.9. The van der Waals surface area contributed by atoms with Crippen LogP contribution in [0.25, 0.3) is 0 Å². The average Bonchev–Trinajstić information content (AvgIpc) is 3.19. The van der Waals surface area contributed by atoms with Crippen molar-refractivity contribution in [1.29, 1.82) is 0 Å². The molecule has 0 aromatic heterocycles. The van der Waals surface area contributed by atoms with Crippen molar-refractivity contribution in [3.05, 3.63) is 109 Å². The number of carbonyl (C=O) groups excluding carboxylic acids is 1. The molecule has 0 fully saturated rings. The minimum atomic E-state index is -4.61. The summed E-state index contributed by atoms with van der Waals surface area (Å²) in [6.45, 7) is 4.40. The third-order valence-electron chi connectivity index (χ3n) is 9.19. The molecule has 1 amide bonds. The fourth-order valence-electron chi connectivity index (χ4n) is 5.58. The SMILES string of the molecule is CC/C=C\C/C=C\C/C=C\C/C=C\C/C=C\C/C=C\CCCCCCCCC(=O)NC(COP(=O)([O-])OCC[N+](C)(C)C)C(O)/C=C/CC/C=C/CC/C=C/CCCC. The van der Waals surface area contributed by atoms with Crippen molar-refractivity contribution in [2.75, 3.05) is 40.9 Å². The number of aliphatic hydroxyl groups excluding tert-OH is 1. The van der Waals surface area contributed by atoms with Gasteiger partial charge in [0.25, 0.3) is 7.82 Å². The van der Waals surface area contributed by atoms with Crippen LogP contribution >= 0.6 is 7.82 Å². The van der Waals surface area contributed by atoms with Crippen LogP contribution in [0.5, 0.6) is 0 Å². The lowest BCUT2D eigenvalue weighted by atomic mass is 10.1. The maximum Gasteiger partial charge on any atom is 0.268 e. The summed E-state index contributed by atoms with van der Waals surface area (Å²) in [7, 11) is 1.20. The molecular weight excluding hydrogens is 756 g/mol. The minimum absolute atomic E-state index is 0.0189. The first-order chi connectivity index (χ1) is 28.5. The van der Waals surface area contributed by atoms with Crippen LogP contribution in [0.2, 0.25) is 0 Å². The van der Waals surface area contributed by atoms with Crippen LogP contribution in [-0.4, -0.2) is 68.5 Å². The fraction of sp³-hybridized carbons (Fsp3) is 0.620. The van der Waals surface area contributed by atoms with Gasteiger partial charge in [-0.25, -0.2) is 0 Å². The van der Waals surface area contributed by atoms with Gasteiger partial charge in [0.15, 0.2) is 0 Å². The van der Waals surface area contributed by atoms with Crippen molar-refractivity contribution in [1.82, 2.24) is 5.32 Å². The molecule has 0 saturated heterocycles. The van der Waals surface area contributed by atoms with E-state index in [4.69, 9.17) is 9.05 Å². The van der Waals surface area contributed by atoms with E-state index in [-0.39, 0.29) is 12.5 Å². The summed E-state index contributed by atoms with van der Waals surface area (Å²) < 4.78 is 23.1. The number of phosphoric acid groups is 1. The Morgan fingerprint density at radius 1 is 0.610 bits per heavy atom. The number of unbranched alkanes of at least 4 members (excludes halogenated alkanes) is 10. The Kier molecular flexibility index (Phi) is 38.6. The van der Waals surface area contributed by atoms with Crippen molar-refractivity contribution in [2.45, 2.75) is 161 Å². The number of hydrogen-bond donors (Lipinski definition) is 2. The van der Waals surface area contributed by atoms with Crippen LogP contribution in [0.15, 0.2) is 109 Å². The number of amides is 1. The molecule has 0 aliphatic heterocycles. The van der Waals surface area contributed by atoms with Crippen LogP contribution in [0, 0.1) is 0 Å². The minimum Gasteiger partial charge on any atom is -0.756 e. The van der Waals surface area contributed by atoms with Crippen LogP contribution in [0.4, 0.5) is 0 Å². The molecule has 0 aromatic rings. The van der Waals surface area contributed by atoms with E-state index < -0.39 is 26.6 Å². The third kappa shape index (κ3) is 43.1. The van der Waals surface area contributed by atoms with Gasteiger partial charge in [-0.3, -0.25) is 9.36 Å². The molecule has 2 N–H and O–H groups in total. The molecule has 9 heteroatoms. The highest BCUT2D eigenvalue weighted by Gasteiger charge is 2.23. The second-order valence-corrected chi connectivity index (χ2v) is 17.4. The zero-order chi connectivity index (χ0) is 43.6. The summed E-state index contributed by atoms with van der Waals surface area (Å²) in [5, 5.41) is 13.7. The normalized spacial score (nSPS) is 15.3. The second-order valence-electron chi connectivity index (χ2n) is 16.0. The molecule has 0 rings (SSSR count). The fourth-order valence-corrected chi connectivity index (χ4v) is 6.31. The predicted octanol–water partition coefficient (Wildman–Crippen LogP) is 12.3. The summed E-state index contributed by atoms with van der Waals surface area (Å²) in [6, 6.07) is -0.924. The van der Waals surface area contributed by atoms with Gasteiger partial charge < -0.3 is 28.8 Å². The third-order valence-corrected chi connectivity index (χ3v) is 10.2. The van der Waals surface area contributed by atoms with Gasteiger partial charge in [-0.2, -0.15) is 0 Å². The average molecular weight is 841 g/mol. The molecule has 0 aliphatic rings. The quantitative estimate of drug-likeness (QED) is 0.0276. The van der Waals surface area contributed by atoms with Gasteiger partial charge >= 0.3 is 0 Å². The number of carbonyl (C=O) groups is 1. The standard InChI is InChI=1S/C50H85N2O6P/c1-6-8-10-12-14-16-18-20-21-22-23-24-25-26-27-28-29-30-31-32-34-36-38-40-42-44-50(54)51-48(47-58-59(55,56)57-46-45-52(3,4)5)49(53)43-41-39-37-35-33-19-17-15-13-11-9-7-2/h8,10,13-16,20-21,23-24,26-27,29-30,33,35,41,43,48-49,53H,6-7,9,11-12,17-19,22,25,28,31-32,34,36-40,42,44-47H2,1-5H3,(H-,51,54,55,56)/b10-8-,15-13+,16-14-,21-20-,24-23-,27-26-,30-29-,35-33+,43-41+. The Hall–Kier alpha value is -2.84. The summed E-state index contributed by atoms with van der Waals surface area (Å²) in [4.78, 5) is 25.3. The van der Waals surface area contributed by atoms with E-state index in [0.717, 1.165) is 116 Å². The first-order valence-corrected chi connectivity index (χ1v) is 24.2. The van der Waals surface area contributed by atoms with Gasteiger partial charge in [-0.15, -0.1) is 0 Å². The smallest absolute Gasteiger partial charge is 0.268 e. The van der Waals surface area contributed by atoms with Crippen molar-refractivity contribution in [3.8, 4) is 0 Å². The monoisotopic (exact) mass is 841 g/mol. The molecule has 0 spiro atoms. The first-order valence-electron chi connectivity index (χ1n) is 22.7. The molecule has 336 valence electrons. The predicted molar refractivity (Wildman–Crippen MR) is 251 cm³/mol. The lowest BCUT2D eigenvalue weighted by Crippen LogP contribution is -2.45. The van der Waals surface area contributed by atoms with E-state index >= 15 is 0 Å². The Morgan fingerprint density at radius 3 is 1.58 bits per heavy atom. The Balaban J connectivity index is 4.42. The van der Waals surface area contributed by atoms with Gasteiger partial charge in [0.05, 0.1) is 39.9 Å². The molecule has 0 bridgehead atoms. The van der Waals surface area contributed by atoms with Gasteiger partial charge in [0.1, 0.15) is 13.2 Å². The van der Waals surface area contributed by atoms with Crippen LogP contribution in [0.1, 0.15) is 149 Å². The topological polar surface area (TPSA) is 108 Å². The van der Waals surface area contributed by atoms with Crippen molar-refractivity contribution in [2.24, 2.45) is 0 Å². The molecule has 0 aromatic carbocycles. The summed E-state index contributed by atoms with van der Waals surface area (Å²) in [5.74, 6) is -0.234. The number of phosphoric ester groups is 1. The maximum absolute atomic E-state index is 12.9. The highest BCUT2D eigenvalue weighted by molar-refractivity contribution is 7.45. The lowest BCUT2D eigenvalue weighted by Gasteiger charge is -2.29. The van der Waals surface area contributed by atoms with Crippen LogP contribution in [0.3, 0.4) is 0 Å². The summed E-state index contributed by atoms with van der Waals surface area (Å²) in [5.41, 5.74) is 0. The largest absolute Gasteiger partial charge is 0.756 e. The van der Waals surface area contributed by atoms with E-state index in [2.05, 4.69) is 116 Å². The number of nitrogens with one attached hydrogen (secondary N) is 1. The number of likely N-dealkylation sites (N-methyl/N-ethyl adjacent to an activating group) is 1. The molecule has 59 heavy (non-hydrogen) atoms. The molecule has 0 saturated carbocycles. The number of nitrogens with zero attached hydrogens (tertiary/aromatic N) is 1. The van der Waals surface area contributed by atoms with Gasteiger partial charge in [0.2, 0.25) is 5.91 Å². The Labute approximate surface area is 361 Å². The Bertz CT molecular complexity index is 1320. The summed E-state index contributed by atoms with van der Waals surface area (Å²) >= 11 is 0. The van der Waals surface area contributed by atoms with E-state index in [9.17, 15) is 19.4 Å². The van der Waals surface area contributed by atoms with Crippen LogP contribution < -0.4 is 10.2 Å². The van der Waals surface area contributed by atoms with E-state index in [1.165, 1.54) is 12.8 Å². The first kappa shape index (κ1) is 56.2. The number of rotatable bonds is 39. The molecule has 8 nitrogen and oxygen atoms in total. The lowest BCUT2D eigenvalue weighted by molar-refractivity contribution is -0.870.